The molecule has 0 atom stereocenters. The van der Waals surface area contributed by atoms with Gasteiger partial charge >= 0.3 is 0 Å². The van der Waals surface area contributed by atoms with Crippen molar-refractivity contribution in [2.75, 3.05) is 0 Å². The molecule has 0 aliphatic carbocycles. The van der Waals surface area contributed by atoms with Crippen molar-refractivity contribution in [1.29, 1.82) is 0 Å². The molecule has 2 aromatic heterocycles. The fraction of sp³-hybridized carbons (Fsp3) is 0.364. The van der Waals surface area contributed by atoms with Gasteiger partial charge in [0.2, 0.25) is 0 Å². The second-order valence-corrected chi connectivity index (χ2v) is 3.81. The molecule has 0 aromatic carbocycles. The molecular formula is C11H14N4. The molecule has 2 rings (SSSR count). The highest BCUT2D eigenvalue weighted by Gasteiger charge is 2.02. The van der Waals surface area contributed by atoms with E-state index in [-0.39, 0.29) is 0 Å². The predicted octanol–water partition coefficient (Wildman–Crippen LogP) is 1.84. The number of hydrogen-bond donors (Lipinski definition) is 0. The minimum atomic E-state index is 0.459. The Morgan fingerprint density at radius 2 is 2.20 bits per heavy atom. The van der Waals surface area contributed by atoms with E-state index in [2.05, 4.69) is 35.2 Å². The van der Waals surface area contributed by atoms with Gasteiger partial charge in [-0.15, -0.1) is 5.10 Å². The molecule has 0 radical (unpaired) electrons. The Bertz CT molecular complexity index is 420. The summed E-state index contributed by atoms with van der Waals surface area (Å²) in [5, 5.41) is 7.67. The van der Waals surface area contributed by atoms with Crippen LogP contribution in [0.3, 0.4) is 0 Å². The van der Waals surface area contributed by atoms with Gasteiger partial charge in [0.25, 0.3) is 0 Å². The molecule has 0 bridgehead atoms. The van der Waals surface area contributed by atoms with E-state index >= 15 is 0 Å². The zero-order chi connectivity index (χ0) is 10.7. The van der Waals surface area contributed by atoms with Gasteiger partial charge in [-0.2, -0.15) is 0 Å². The summed E-state index contributed by atoms with van der Waals surface area (Å²) in [6, 6.07) is 6.09. The molecule has 2 aromatic rings. The highest BCUT2D eigenvalue weighted by Crippen LogP contribution is 2.11. The average molecular weight is 202 g/mol. The molecule has 0 amide bonds. The zero-order valence-corrected chi connectivity index (χ0v) is 8.96. The van der Waals surface area contributed by atoms with E-state index in [0.717, 1.165) is 11.4 Å². The van der Waals surface area contributed by atoms with Crippen LogP contribution in [0.2, 0.25) is 0 Å². The van der Waals surface area contributed by atoms with E-state index in [1.54, 1.807) is 10.9 Å². The standard InChI is InChI=1S/C11H14N4/c1-9(2)11-5-3-4-10(13-11)8-15-7-6-12-14-15/h3-7,9H,8H2,1-2H3. The van der Waals surface area contributed by atoms with Crippen LogP contribution in [-0.4, -0.2) is 20.0 Å². The van der Waals surface area contributed by atoms with Gasteiger partial charge in [0.1, 0.15) is 0 Å². The summed E-state index contributed by atoms with van der Waals surface area (Å²) in [5.41, 5.74) is 2.14. The van der Waals surface area contributed by atoms with Gasteiger partial charge in [-0.3, -0.25) is 4.98 Å². The Hall–Kier alpha value is -1.71. The van der Waals surface area contributed by atoms with Gasteiger partial charge in [0, 0.05) is 11.9 Å². The lowest BCUT2D eigenvalue weighted by molar-refractivity contribution is 0.634. The Labute approximate surface area is 89.0 Å². The predicted molar refractivity (Wildman–Crippen MR) is 57.5 cm³/mol. The normalized spacial score (nSPS) is 10.9. The van der Waals surface area contributed by atoms with E-state index in [0.29, 0.717) is 12.5 Å². The minimum Gasteiger partial charge on any atom is -0.256 e. The number of rotatable bonds is 3. The van der Waals surface area contributed by atoms with Gasteiger partial charge in [-0.1, -0.05) is 25.1 Å². The molecule has 0 aliphatic heterocycles. The largest absolute Gasteiger partial charge is 0.256 e. The summed E-state index contributed by atoms with van der Waals surface area (Å²) < 4.78 is 1.77. The topological polar surface area (TPSA) is 43.6 Å². The van der Waals surface area contributed by atoms with Crippen molar-refractivity contribution in [3.05, 3.63) is 42.0 Å². The Morgan fingerprint density at radius 1 is 1.33 bits per heavy atom. The lowest BCUT2D eigenvalue weighted by Crippen LogP contribution is -2.04. The fourth-order valence-electron chi connectivity index (χ4n) is 1.39. The summed E-state index contributed by atoms with van der Waals surface area (Å²) in [4.78, 5) is 4.56. The molecule has 4 nitrogen and oxygen atoms in total. The first-order valence-corrected chi connectivity index (χ1v) is 5.05. The SMILES string of the molecule is CC(C)c1cccc(Cn2ccnn2)n1. The molecule has 0 N–H and O–H groups in total. The van der Waals surface area contributed by atoms with Crippen LogP contribution in [-0.2, 0) is 6.54 Å². The second kappa shape index (κ2) is 4.21. The van der Waals surface area contributed by atoms with Crippen molar-refractivity contribution < 1.29 is 0 Å². The minimum absolute atomic E-state index is 0.459. The zero-order valence-electron chi connectivity index (χ0n) is 8.96. The maximum absolute atomic E-state index is 4.56. The lowest BCUT2D eigenvalue weighted by atomic mass is 10.1. The quantitative estimate of drug-likeness (QED) is 0.762. The first kappa shape index (κ1) is 9.83. The smallest absolute Gasteiger partial charge is 0.0849 e. The Balaban J connectivity index is 2.18. The van der Waals surface area contributed by atoms with Gasteiger partial charge < -0.3 is 0 Å². The summed E-state index contributed by atoms with van der Waals surface area (Å²) >= 11 is 0. The number of nitrogens with zero attached hydrogens (tertiary/aromatic N) is 4. The molecule has 0 aliphatic rings. The van der Waals surface area contributed by atoms with E-state index < -0.39 is 0 Å². The van der Waals surface area contributed by atoms with Crippen LogP contribution in [0.1, 0.15) is 31.2 Å². The number of hydrogen-bond acceptors (Lipinski definition) is 3. The Morgan fingerprint density at radius 3 is 2.87 bits per heavy atom. The molecule has 4 heteroatoms. The van der Waals surface area contributed by atoms with Crippen LogP contribution in [0.25, 0.3) is 0 Å². The summed E-state index contributed by atoms with van der Waals surface area (Å²) in [6.07, 6.45) is 3.51. The van der Waals surface area contributed by atoms with Crippen molar-refractivity contribution >= 4 is 0 Å². The molecule has 0 saturated carbocycles. The van der Waals surface area contributed by atoms with Crippen molar-refractivity contribution in [3.63, 3.8) is 0 Å². The molecule has 15 heavy (non-hydrogen) atoms. The van der Waals surface area contributed by atoms with Crippen LogP contribution in [0, 0.1) is 0 Å². The van der Waals surface area contributed by atoms with E-state index in [1.807, 2.05) is 18.3 Å². The first-order valence-electron chi connectivity index (χ1n) is 5.05. The lowest BCUT2D eigenvalue weighted by Gasteiger charge is -2.06. The summed E-state index contributed by atoms with van der Waals surface area (Å²) in [5.74, 6) is 0.459. The van der Waals surface area contributed by atoms with Crippen molar-refractivity contribution in [2.24, 2.45) is 0 Å². The van der Waals surface area contributed by atoms with Gasteiger partial charge in [0.15, 0.2) is 0 Å². The molecule has 0 fully saturated rings. The first-order chi connectivity index (χ1) is 7.25. The van der Waals surface area contributed by atoms with Crippen molar-refractivity contribution in [3.8, 4) is 0 Å². The van der Waals surface area contributed by atoms with E-state index in [9.17, 15) is 0 Å². The number of aromatic nitrogens is 4. The monoisotopic (exact) mass is 202 g/mol. The maximum atomic E-state index is 4.56. The van der Waals surface area contributed by atoms with Crippen LogP contribution < -0.4 is 0 Å². The maximum Gasteiger partial charge on any atom is 0.0849 e. The van der Waals surface area contributed by atoms with Crippen LogP contribution in [0.15, 0.2) is 30.6 Å². The van der Waals surface area contributed by atoms with Gasteiger partial charge in [-0.05, 0) is 18.1 Å². The average Bonchev–Trinajstić information content (AvgIpc) is 2.71. The van der Waals surface area contributed by atoms with Crippen molar-refractivity contribution in [1.82, 2.24) is 20.0 Å². The molecule has 0 unspecified atom stereocenters. The fourth-order valence-corrected chi connectivity index (χ4v) is 1.39. The highest BCUT2D eigenvalue weighted by atomic mass is 15.4. The van der Waals surface area contributed by atoms with Gasteiger partial charge in [0.05, 0.1) is 18.4 Å². The van der Waals surface area contributed by atoms with E-state index in [1.165, 1.54) is 0 Å². The van der Waals surface area contributed by atoms with Crippen molar-refractivity contribution in [2.45, 2.75) is 26.3 Å². The molecule has 0 spiro atoms. The Kier molecular flexibility index (Phi) is 2.76. The summed E-state index contributed by atoms with van der Waals surface area (Å²) in [7, 11) is 0. The third-order valence-corrected chi connectivity index (χ3v) is 2.22. The third-order valence-electron chi connectivity index (χ3n) is 2.22. The van der Waals surface area contributed by atoms with Gasteiger partial charge in [-0.25, -0.2) is 4.68 Å². The molecule has 78 valence electrons. The molecular weight excluding hydrogens is 188 g/mol. The second-order valence-electron chi connectivity index (χ2n) is 3.81. The van der Waals surface area contributed by atoms with Crippen LogP contribution in [0.4, 0.5) is 0 Å². The highest BCUT2D eigenvalue weighted by molar-refractivity contribution is 5.13. The number of pyridine rings is 1. The summed E-state index contributed by atoms with van der Waals surface area (Å²) in [6.45, 7) is 4.96. The molecule has 2 heterocycles. The van der Waals surface area contributed by atoms with E-state index in [4.69, 9.17) is 0 Å². The van der Waals surface area contributed by atoms with Crippen LogP contribution >= 0.6 is 0 Å². The molecule has 0 saturated heterocycles. The third kappa shape index (κ3) is 2.40. The van der Waals surface area contributed by atoms with Crippen LogP contribution in [0.5, 0.6) is 0 Å².